The Morgan fingerprint density at radius 1 is 1.19 bits per heavy atom. The molecule has 0 saturated carbocycles. The lowest BCUT2D eigenvalue weighted by molar-refractivity contribution is 0.415. The highest BCUT2D eigenvalue weighted by Crippen LogP contribution is 2.18. The van der Waals surface area contributed by atoms with Crippen molar-refractivity contribution in [3.8, 4) is 5.75 Å². The SMILES string of the molecule is COc1ccc(N(C)CCCn2cc(N)ccc2=O)cc1. The molecule has 0 aliphatic carbocycles. The number of hydrogen-bond acceptors (Lipinski definition) is 4. The van der Waals surface area contributed by atoms with Crippen molar-refractivity contribution in [2.45, 2.75) is 13.0 Å². The zero-order valence-electron chi connectivity index (χ0n) is 12.5. The highest BCUT2D eigenvalue weighted by atomic mass is 16.5. The lowest BCUT2D eigenvalue weighted by atomic mass is 10.2. The summed E-state index contributed by atoms with van der Waals surface area (Å²) in [5, 5.41) is 0. The van der Waals surface area contributed by atoms with Gasteiger partial charge in [-0.1, -0.05) is 0 Å². The fraction of sp³-hybridized carbons (Fsp3) is 0.312. The molecule has 1 aromatic heterocycles. The van der Waals surface area contributed by atoms with Gasteiger partial charge in [0.25, 0.3) is 5.56 Å². The van der Waals surface area contributed by atoms with Crippen molar-refractivity contribution in [1.82, 2.24) is 4.57 Å². The minimum Gasteiger partial charge on any atom is -0.497 e. The van der Waals surface area contributed by atoms with E-state index < -0.39 is 0 Å². The van der Waals surface area contributed by atoms with E-state index in [4.69, 9.17) is 10.5 Å². The lowest BCUT2D eigenvalue weighted by Crippen LogP contribution is -2.23. The molecule has 21 heavy (non-hydrogen) atoms. The summed E-state index contributed by atoms with van der Waals surface area (Å²) in [7, 11) is 3.69. The van der Waals surface area contributed by atoms with Gasteiger partial charge in [-0.15, -0.1) is 0 Å². The summed E-state index contributed by atoms with van der Waals surface area (Å²) in [5.41, 5.74) is 7.41. The van der Waals surface area contributed by atoms with Gasteiger partial charge in [-0.05, 0) is 36.8 Å². The summed E-state index contributed by atoms with van der Waals surface area (Å²) < 4.78 is 6.79. The Morgan fingerprint density at radius 3 is 2.57 bits per heavy atom. The summed E-state index contributed by atoms with van der Waals surface area (Å²) in [6.07, 6.45) is 2.56. The van der Waals surface area contributed by atoms with Crippen LogP contribution < -0.4 is 20.9 Å². The Hall–Kier alpha value is -2.43. The normalized spacial score (nSPS) is 10.4. The van der Waals surface area contributed by atoms with Crippen molar-refractivity contribution >= 4 is 11.4 Å². The Labute approximate surface area is 124 Å². The molecule has 0 atom stereocenters. The van der Waals surface area contributed by atoms with Gasteiger partial charge < -0.3 is 19.9 Å². The minimum absolute atomic E-state index is 0.0173. The zero-order valence-corrected chi connectivity index (χ0v) is 12.5. The third kappa shape index (κ3) is 4.02. The molecule has 112 valence electrons. The first-order valence-electron chi connectivity index (χ1n) is 6.91. The van der Waals surface area contributed by atoms with Gasteiger partial charge in [0.1, 0.15) is 5.75 Å². The van der Waals surface area contributed by atoms with Gasteiger partial charge in [0, 0.05) is 43.8 Å². The predicted octanol–water partition coefficient (Wildman–Crippen LogP) is 1.97. The molecule has 0 unspecified atom stereocenters. The number of hydrogen-bond donors (Lipinski definition) is 1. The Bertz CT molecular complexity index is 635. The third-order valence-corrected chi connectivity index (χ3v) is 3.41. The van der Waals surface area contributed by atoms with E-state index in [1.165, 1.54) is 6.07 Å². The van der Waals surface area contributed by atoms with Crippen LogP contribution in [0.15, 0.2) is 47.4 Å². The molecule has 2 rings (SSSR count). The highest BCUT2D eigenvalue weighted by molar-refractivity contribution is 5.48. The van der Waals surface area contributed by atoms with E-state index in [1.54, 1.807) is 23.9 Å². The predicted molar refractivity (Wildman–Crippen MR) is 86.0 cm³/mol. The van der Waals surface area contributed by atoms with Gasteiger partial charge >= 0.3 is 0 Å². The van der Waals surface area contributed by atoms with E-state index >= 15 is 0 Å². The number of methoxy groups -OCH3 is 1. The first-order valence-corrected chi connectivity index (χ1v) is 6.91. The van der Waals surface area contributed by atoms with Crippen LogP contribution >= 0.6 is 0 Å². The van der Waals surface area contributed by atoms with Crippen molar-refractivity contribution in [2.75, 3.05) is 31.3 Å². The van der Waals surface area contributed by atoms with E-state index in [9.17, 15) is 4.79 Å². The highest BCUT2D eigenvalue weighted by Gasteiger charge is 2.02. The second-order valence-electron chi connectivity index (χ2n) is 4.97. The standard InChI is InChI=1S/C16H21N3O2/c1-18(14-5-7-15(21-2)8-6-14)10-3-11-19-12-13(17)4-9-16(19)20/h4-9,12H,3,10-11,17H2,1-2H3. The maximum atomic E-state index is 11.7. The van der Waals surface area contributed by atoms with Crippen molar-refractivity contribution in [2.24, 2.45) is 0 Å². The van der Waals surface area contributed by atoms with Crippen molar-refractivity contribution < 1.29 is 4.74 Å². The number of aromatic nitrogens is 1. The molecular formula is C16H21N3O2. The number of aryl methyl sites for hydroxylation is 1. The van der Waals surface area contributed by atoms with Crippen LogP contribution in [0.2, 0.25) is 0 Å². The monoisotopic (exact) mass is 287 g/mol. The summed E-state index contributed by atoms with van der Waals surface area (Å²) in [4.78, 5) is 13.8. The number of anilines is 2. The Morgan fingerprint density at radius 2 is 1.90 bits per heavy atom. The number of benzene rings is 1. The van der Waals surface area contributed by atoms with E-state index in [-0.39, 0.29) is 5.56 Å². The largest absolute Gasteiger partial charge is 0.497 e. The summed E-state index contributed by atoms with van der Waals surface area (Å²) in [5.74, 6) is 0.846. The lowest BCUT2D eigenvalue weighted by Gasteiger charge is -2.19. The molecule has 0 amide bonds. The number of rotatable bonds is 6. The molecule has 0 aliphatic rings. The third-order valence-electron chi connectivity index (χ3n) is 3.41. The topological polar surface area (TPSA) is 60.5 Å². The van der Waals surface area contributed by atoms with Crippen LogP contribution in [0, 0.1) is 0 Å². The average Bonchev–Trinajstić information content (AvgIpc) is 2.50. The molecule has 5 nitrogen and oxygen atoms in total. The van der Waals surface area contributed by atoms with Crippen LogP contribution in [0.3, 0.4) is 0 Å². The second kappa shape index (κ2) is 6.83. The molecule has 2 aromatic rings. The Kier molecular flexibility index (Phi) is 4.87. The molecule has 0 radical (unpaired) electrons. The molecule has 0 bridgehead atoms. The van der Waals surface area contributed by atoms with Gasteiger partial charge in [0.05, 0.1) is 7.11 Å². The maximum absolute atomic E-state index is 11.7. The van der Waals surface area contributed by atoms with Crippen LogP contribution in [0.1, 0.15) is 6.42 Å². The van der Waals surface area contributed by atoms with Gasteiger partial charge in [-0.2, -0.15) is 0 Å². The molecule has 5 heteroatoms. The number of nitrogens with two attached hydrogens (primary N) is 1. The number of nitrogens with zero attached hydrogens (tertiary/aromatic N) is 2. The van der Waals surface area contributed by atoms with Gasteiger partial charge in [-0.3, -0.25) is 4.79 Å². The van der Waals surface area contributed by atoms with Gasteiger partial charge in [-0.25, -0.2) is 0 Å². The Balaban J connectivity index is 1.90. The molecule has 1 heterocycles. The molecule has 0 spiro atoms. The molecule has 0 fully saturated rings. The summed E-state index contributed by atoms with van der Waals surface area (Å²) in [6, 6.07) is 11.0. The zero-order chi connectivity index (χ0) is 15.2. The van der Waals surface area contributed by atoms with E-state index in [0.29, 0.717) is 12.2 Å². The fourth-order valence-corrected chi connectivity index (χ4v) is 2.17. The minimum atomic E-state index is -0.0173. The van der Waals surface area contributed by atoms with Crippen LogP contribution in [0.4, 0.5) is 11.4 Å². The van der Waals surface area contributed by atoms with Crippen LogP contribution in [-0.4, -0.2) is 25.3 Å². The quantitative estimate of drug-likeness (QED) is 0.882. The van der Waals surface area contributed by atoms with Crippen LogP contribution in [0.5, 0.6) is 5.75 Å². The van der Waals surface area contributed by atoms with Gasteiger partial charge in [0.2, 0.25) is 0 Å². The molecule has 0 saturated heterocycles. The van der Waals surface area contributed by atoms with E-state index in [1.807, 2.05) is 31.3 Å². The van der Waals surface area contributed by atoms with Crippen LogP contribution in [-0.2, 0) is 6.54 Å². The van der Waals surface area contributed by atoms with Gasteiger partial charge in [0.15, 0.2) is 0 Å². The average molecular weight is 287 g/mol. The maximum Gasteiger partial charge on any atom is 0.250 e. The molecular weight excluding hydrogens is 266 g/mol. The van der Waals surface area contributed by atoms with Crippen molar-refractivity contribution in [1.29, 1.82) is 0 Å². The molecule has 1 aromatic carbocycles. The van der Waals surface area contributed by atoms with Crippen molar-refractivity contribution in [3.05, 3.63) is 52.9 Å². The van der Waals surface area contributed by atoms with E-state index in [0.717, 1.165) is 24.4 Å². The molecule has 2 N–H and O–H groups in total. The smallest absolute Gasteiger partial charge is 0.250 e. The van der Waals surface area contributed by atoms with Crippen LogP contribution in [0.25, 0.3) is 0 Å². The first-order chi connectivity index (χ1) is 10.1. The summed E-state index contributed by atoms with van der Waals surface area (Å²) >= 11 is 0. The fourth-order valence-electron chi connectivity index (χ4n) is 2.17. The van der Waals surface area contributed by atoms with E-state index in [2.05, 4.69) is 4.90 Å². The van der Waals surface area contributed by atoms with Crippen molar-refractivity contribution in [3.63, 3.8) is 0 Å². The molecule has 0 aliphatic heterocycles. The second-order valence-corrected chi connectivity index (χ2v) is 4.97. The number of ether oxygens (including phenoxy) is 1. The summed E-state index contributed by atoms with van der Waals surface area (Å²) in [6.45, 7) is 1.51. The number of pyridine rings is 1. The number of nitrogen functional groups attached to an aromatic ring is 1. The first kappa shape index (κ1) is 15.0.